The topological polar surface area (TPSA) is 75.8 Å². The number of ether oxygens (including phenoxy) is 2. The van der Waals surface area contributed by atoms with Crippen molar-refractivity contribution in [1.29, 1.82) is 0 Å². The second-order valence-corrected chi connectivity index (χ2v) is 24.3. The molecule has 0 fully saturated rings. The van der Waals surface area contributed by atoms with Crippen molar-refractivity contribution in [3.8, 4) is 33.8 Å². The normalized spacial score (nSPS) is 12.6. The predicted molar refractivity (Wildman–Crippen MR) is 357 cm³/mol. The van der Waals surface area contributed by atoms with Gasteiger partial charge < -0.3 is 19.4 Å². The lowest BCUT2D eigenvalue weighted by molar-refractivity contribution is 0.304. The molecule has 7 rings (SSSR count). The molecule has 2 N–H and O–H groups in total. The van der Waals surface area contributed by atoms with Gasteiger partial charge in [0, 0.05) is 22.2 Å². The van der Waals surface area contributed by atoms with Crippen molar-refractivity contribution < 1.29 is 9.47 Å². The first-order valence-electron chi connectivity index (χ1n) is 33.8. The van der Waals surface area contributed by atoms with E-state index in [4.69, 9.17) is 19.4 Å². The number of aromatic amines is 2. The fourth-order valence-electron chi connectivity index (χ4n) is 13.3. The summed E-state index contributed by atoms with van der Waals surface area (Å²) in [4.78, 5) is 19.5. The number of fused-ring (bicyclic) bond motifs is 8. The smallest absolute Gasteiger partial charge is 0.119 e. The highest BCUT2D eigenvalue weighted by atomic mass is 16.5. The molecule has 2 aliphatic rings. The molecule has 6 nitrogen and oxygen atoms in total. The molecular weight excluding hydrogens is 1000 g/mol. The zero-order valence-corrected chi connectivity index (χ0v) is 53.5. The van der Waals surface area contributed by atoms with Crippen molar-refractivity contribution in [3.05, 3.63) is 106 Å². The summed E-state index contributed by atoms with van der Waals surface area (Å²) in [6.45, 7) is 24.4. The number of H-pyrrole nitrogens is 2. The minimum atomic E-state index is 0.752. The van der Waals surface area contributed by atoms with Crippen molar-refractivity contribution in [1.82, 2.24) is 19.9 Å². The molecule has 3 aromatic heterocycles. The Morgan fingerprint density at radius 1 is 0.354 bits per heavy atom. The van der Waals surface area contributed by atoms with Crippen LogP contribution in [0.2, 0.25) is 0 Å². The van der Waals surface area contributed by atoms with Crippen LogP contribution in [0.5, 0.6) is 11.5 Å². The summed E-state index contributed by atoms with van der Waals surface area (Å²) >= 11 is 0. The Kier molecular flexibility index (Phi) is 27.0. The second-order valence-electron chi connectivity index (χ2n) is 24.3. The Labute approximate surface area is 498 Å². The van der Waals surface area contributed by atoms with Gasteiger partial charge in [0.1, 0.15) is 11.5 Å². The van der Waals surface area contributed by atoms with Crippen LogP contribution in [0, 0.1) is 13.8 Å². The molecule has 2 aromatic carbocycles. The highest BCUT2D eigenvalue weighted by molar-refractivity contribution is 6.03. The highest BCUT2D eigenvalue weighted by Gasteiger charge is 2.26. The van der Waals surface area contributed by atoms with Crippen LogP contribution in [0.4, 0.5) is 0 Å². The number of allylic oxidation sites excluding steroid dienone is 4. The molecule has 5 heterocycles. The third-order valence-electron chi connectivity index (χ3n) is 18.3. The Hall–Kier alpha value is -5.36. The maximum atomic E-state index is 6.41. The number of nitrogens with zero attached hydrogens (tertiary/aromatic N) is 2. The summed E-state index contributed by atoms with van der Waals surface area (Å²) in [6, 6.07) is 22.4. The summed E-state index contributed by atoms with van der Waals surface area (Å²) < 4.78 is 12.8. The van der Waals surface area contributed by atoms with Gasteiger partial charge in [-0.25, -0.2) is 9.97 Å². The van der Waals surface area contributed by atoms with Crippen molar-refractivity contribution in [2.24, 2.45) is 0 Å². The molecule has 0 saturated carbocycles. The average Bonchev–Trinajstić information content (AvgIpc) is 4.34. The van der Waals surface area contributed by atoms with Crippen LogP contribution in [0.3, 0.4) is 0 Å². The number of nitrogens with one attached hydrogen (secondary N) is 2. The lowest BCUT2D eigenvalue weighted by Gasteiger charge is -2.10. The minimum absolute atomic E-state index is 0.752. The molecule has 0 aliphatic carbocycles. The zero-order chi connectivity index (χ0) is 58.1. The van der Waals surface area contributed by atoms with Gasteiger partial charge >= 0.3 is 0 Å². The molecule has 8 bridgehead atoms. The number of hydrogen-bond acceptors (Lipinski definition) is 4. The molecule has 0 atom stereocenters. The minimum Gasteiger partial charge on any atom is -0.494 e. The quantitative estimate of drug-likeness (QED) is 0.0386. The van der Waals surface area contributed by atoms with E-state index in [1.165, 1.54) is 211 Å². The van der Waals surface area contributed by atoms with Crippen molar-refractivity contribution in [3.63, 3.8) is 0 Å². The van der Waals surface area contributed by atoms with E-state index >= 15 is 0 Å². The molecule has 0 spiro atoms. The van der Waals surface area contributed by atoms with Gasteiger partial charge in [-0.05, 0) is 158 Å². The van der Waals surface area contributed by atoms with E-state index in [9.17, 15) is 0 Å². The SMILES string of the molecule is CCCCCCCCCCCCCCCCOc1ccc(-c2c3nc(cc4[nH]c(c(C)c4CC)c(-c4ccc(OCCCCCCCCCCCCCCCC)cc4)c4nc(cc5[nH]c2c(C)c5CC)C(CC)=C4C)C(CC)=C3C)cc1. The van der Waals surface area contributed by atoms with E-state index in [0.29, 0.717) is 0 Å². The molecule has 446 valence electrons. The van der Waals surface area contributed by atoms with Crippen LogP contribution in [-0.2, 0) is 12.8 Å². The molecule has 0 saturated heterocycles. The van der Waals surface area contributed by atoms with Crippen LogP contribution in [0.15, 0.2) is 60.7 Å². The van der Waals surface area contributed by atoms with Crippen molar-refractivity contribution in [2.75, 3.05) is 13.2 Å². The second kappa shape index (κ2) is 34.4. The van der Waals surface area contributed by atoms with E-state index in [1.54, 1.807) is 0 Å². The van der Waals surface area contributed by atoms with Gasteiger partial charge in [-0.15, -0.1) is 0 Å². The standard InChI is InChI=1S/C76H110N4O2/c1-11-17-19-21-23-25-27-29-31-33-35-37-39-41-51-81-61-47-43-59(44-48-61)71-73-55(7)63(13-3)67(77-73)53-69-65(15-5)57(9)75(79-69)72(76-58(10)66(16-6)70(80-76)54-68-64(14-4)56(8)74(71)78-68)60-45-49-62(50-46-60)82-52-42-40-38-36-34-32-30-28-26-24-22-20-18-12-2/h43-50,53-54,77,80H,11-42,51-52H2,1-10H3. The summed E-state index contributed by atoms with van der Waals surface area (Å²) in [5.74, 6) is 1.85. The van der Waals surface area contributed by atoms with Crippen molar-refractivity contribution >= 4 is 44.4 Å². The van der Waals surface area contributed by atoms with E-state index in [2.05, 4.69) is 140 Å². The highest BCUT2D eigenvalue weighted by Crippen LogP contribution is 2.44. The van der Waals surface area contributed by atoms with E-state index in [1.807, 2.05) is 0 Å². The number of aryl methyl sites for hydroxylation is 4. The van der Waals surface area contributed by atoms with Crippen molar-refractivity contribution in [2.45, 2.75) is 275 Å². The molecule has 82 heavy (non-hydrogen) atoms. The largest absolute Gasteiger partial charge is 0.494 e. The van der Waals surface area contributed by atoms with Gasteiger partial charge in [0.2, 0.25) is 0 Å². The molecular formula is C76H110N4O2. The molecule has 2 aliphatic heterocycles. The third-order valence-corrected chi connectivity index (χ3v) is 18.3. The van der Waals surface area contributed by atoms with Crippen LogP contribution in [-0.4, -0.2) is 33.1 Å². The van der Waals surface area contributed by atoms with Gasteiger partial charge in [-0.3, -0.25) is 0 Å². The number of unbranched alkanes of at least 4 members (excludes halogenated alkanes) is 26. The molecule has 0 amide bonds. The zero-order valence-electron chi connectivity index (χ0n) is 53.5. The first-order valence-corrected chi connectivity index (χ1v) is 33.8. The van der Waals surface area contributed by atoms with Gasteiger partial charge in [0.25, 0.3) is 0 Å². The number of aromatic nitrogens is 4. The van der Waals surface area contributed by atoms with Crippen LogP contribution in [0.1, 0.15) is 293 Å². The first kappa shape index (κ1) is 64.2. The van der Waals surface area contributed by atoms with Crippen LogP contribution >= 0.6 is 0 Å². The summed E-state index contributed by atoms with van der Waals surface area (Å²) in [6.07, 6.45) is 41.5. The van der Waals surface area contributed by atoms with Gasteiger partial charge in [-0.1, -0.05) is 233 Å². The molecule has 6 heteroatoms. The fourth-order valence-corrected chi connectivity index (χ4v) is 13.3. The number of hydrogen-bond donors (Lipinski definition) is 2. The first-order chi connectivity index (χ1) is 40.2. The molecule has 0 radical (unpaired) electrons. The average molecular weight is 1110 g/mol. The molecule has 0 unspecified atom stereocenters. The maximum absolute atomic E-state index is 6.41. The Bertz CT molecular complexity index is 2780. The Morgan fingerprint density at radius 3 is 0.927 bits per heavy atom. The summed E-state index contributed by atoms with van der Waals surface area (Å²) in [7, 11) is 0. The summed E-state index contributed by atoms with van der Waals surface area (Å²) in [5, 5.41) is 0. The summed E-state index contributed by atoms with van der Waals surface area (Å²) in [5.41, 5.74) is 23.3. The monoisotopic (exact) mass is 1110 g/mol. The van der Waals surface area contributed by atoms with Crippen LogP contribution < -0.4 is 9.47 Å². The van der Waals surface area contributed by atoms with Gasteiger partial charge in [-0.2, -0.15) is 0 Å². The number of rotatable bonds is 38. The van der Waals surface area contributed by atoms with E-state index in [0.717, 1.165) is 130 Å². The number of benzene rings is 2. The maximum Gasteiger partial charge on any atom is 0.119 e. The third kappa shape index (κ3) is 17.4. The lowest BCUT2D eigenvalue weighted by Crippen LogP contribution is -1.97. The van der Waals surface area contributed by atoms with Gasteiger partial charge in [0.05, 0.1) is 47.0 Å². The van der Waals surface area contributed by atoms with Gasteiger partial charge in [0.15, 0.2) is 0 Å². The predicted octanol–water partition coefficient (Wildman–Crippen LogP) is 23.8. The Balaban J connectivity index is 1.13. The Morgan fingerprint density at radius 2 is 0.646 bits per heavy atom. The van der Waals surface area contributed by atoms with E-state index < -0.39 is 0 Å². The van der Waals surface area contributed by atoms with Crippen LogP contribution in [0.25, 0.3) is 66.6 Å². The lowest BCUT2D eigenvalue weighted by atomic mass is 9.95. The molecule has 5 aromatic rings. The van der Waals surface area contributed by atoms with E-state index in [-0.39, 0.29) is 0 Å². The fraction of sp³-hybridized carbons (Fsp3) is 0.579.